The molecule has 0 aliphatic heterocycles. The third kappa shape index (κ3) is 2.92. The van der Waals surface area contributed by atoms with Crippen LogP contribution < -0.4 is 5.32 Å². The van der Waals surface area contributed by atoms with Gasteiger partial charge in [0.1, 0.15) is 5.75 Å². The zero-order valence-corrected chi connectivity index (χ0v) is 8.67. The first-order chi connectivity index (χ1) is 6.75. The molecule has 4 nitrogen and oxygen atoms in total. The molecule has 2 N–H and O–H groups in total. The van der Waals surface area contributed by atoms with Gasteiger partial charge in [-0.15, -0.1) is 0 Å². The standard InChI is InChI=1S/C9H12N2O2S/c1-14-6-5-11-9(13)8-7(12)3-2-4-10-8/h2-4,12H,5-6H2,1H3,(H,11,13). The van der Waals surface area contributed by atoms with Crippen LogP contribution in [0.4, 0.5) is 0 Å². The molecule has 0 fully saturated rings. The molecule has 0 saturated heterocycles. The average Bonchev–Trinajstić information content (AvgIpc) is 2.18. The lowest BCUT2D eigenvalue weighted by Gasteiger charge is -2.04. The molecule has 0 aliphatic carbocycles. The van der Waals surface area contributed by atoms with Crippen LogP contribution in [0.3, 0.4) is 0 Å². The van der Waals surface area contributed by atoms with Crippen molar-refractivity contribution in [1.82, 2.24) is 10.3 Å². The monoisotopic (exact) mass is 212 g/mol. The lowest BCUT2D eigenvalue weighted by molar-refractivity contribution is 0.0948. The maximum absolute atomic E-state index is 11.4. The largest absolute Gasteiger partial charge is 0.505 e. The quantitative estimate of drug-likeness (QED) is 0.727. The van der Waals surface area contributed by atoms with E-state index in [1.165, 1.54) is 12.3 Å². The first-order valence-corrected chi connectivity index (χ1v) is 5.56. The molecule has 0 saturated carbocycles. The molecule has 0 spiro atoms. The number of aromatic hydroxyl groups is 1. The minimum Gasteiger partial charge on any atom is -0.505 e. The van der Waals surface area contributed by atoms with Crippen molar-refractivity contribution in [2.75, 3.05) is 18.6 Å². The second kappa shape index (κ2) is 5.49. The smallest absolute Gasteiger partial charge is 0.273 e. The van der Waals surface area contributed by atoms with Gasteiger partial charge < -0.3 is 10.4 Å². The highest BCUT2D eigenvalue weighted by atomic mass is 32.2. The number of amides is 1. The summed E-state index contributed by atoms with van der Waals surface area (Å²) in [6, 6.07) is 3.02. The second-order valence-electron chi connectivity index (χ2n) is 2.62. The summed E-state index contributed by atoms with van der Waals surface area (Å²) in [5.74, 6) is 0.422. The number of nitrogens with zero attached hydrogens (tertiary/aromatic N) is 1. The molecule has 1 rings (SSSR count). The van der Waals surface area contributed by atoms with Crippen LogP contribution in [-0.2, 0) is 0 Å². The number of hydrogen-bond acceptors (Lipinski definition) is 4. The number of carbonyl (C=O) groups excluding carboxylic acids is 1. The Balaban J connectivity index is 2.56. The van der Waals surface area contributed by atoms with Crippen molar-refractivity contribution in [2.24, 2.45) is 0 Å². The molecule has 0 aliphatic rings. The Morgan fingerprint density at radius 2 is 2.50 bits per heavy atom. The summed E-state index contributed by atoms with van der Waals surface area (Å²) >= 11 is 1.65. The van der Waals surface area contributed by atoms with E-state index < -0.39 is 0 Å². The zero-order chi connectivity index (χ0) is 10.4. The number of rotatable bonds is 4. The fourth-order valence-corrected chi connectivity index (χ4v) is 1.23. The van der Waals surface area contributed by atoms with E-state index in [4.69, 9.17) is 0 Å². The maximum Gasteiger partial charge on any atom is 0.273 e. The van der Waals surface area contributed by atoms with Crippen molar-refractivity contribution < 1.29 is 9.90 Å². The Hall–Kier alpha value is -1.23. The molecule has 1 aromatic rings. The highest BCUT2D eigenvalue weighted by Gasteiger charge is 2.10. The zero-order valence-electron chi connectivity index (χ0n) is 7.86. The molecule has 1 heterocycles. The van der Waals surface area contributed by atoms with Crippen molar-refractivity contribution in [3.8, 4) is 5.75 Å². The van der Waals surface area contributed by atoms with Gasteiger partial charge in [0.25, 0.3) is 5.91 Å². The summed E-state index contributed by atoms with van der Waals surface area (Å²) in [5.41, 5.74) is 0.0774. The summed E-state index contributed by atoms with van der Waals surface area (Å²) in [6.07, 6.45) is 3.44. The number of aromatic nitrogens is 1. The molecule has 1 amide bonds. The maximum atomic E-state index is 11.4. The number of thioether (sulfide) groups is 1. The lowest BCUT2D eigenvalue weighted by atomic mass is 10.3. The third-order valence-electron chi connectivity index (χ3n) is 1.59. The van der Waals surface area contributed by atoms with Crippen LogP contribution in [0.15, 0.2) is 18.3 Å². The van der Waals surface area contributed by atoms with E-state index in [0.29, 0.717) is 6.54 Å². The normalized spacial score (nSPS) is 9.79. The predicted molar refractivity (Wildman–Crippen MR) is 56.6 cm³/mol. The Morgan fingerprint density at radius 3 is 3.14 bits per heavy atom. The van der Waals surface area contributed by atoms with Gasteiger partial charge in [-0.2, -0.15) is 11.8 Å². The Labute approximate surface area is 86.7 Å². The Bertz CT molecular complexity index is 317. The molecule has 0 atom stereocenters. The first kappa shape index (κ1) is 10.8. The fourth-order valence-electron chi connectivity index (χ4n) is 0.922. The molecular weight excluding hydrogens is 200 g/mol. The van der Waals surface area contributed by atoms with E-state index in [0.717, 1.165) is 5.75 Å². The van der Waals surface area contributed by atoms with Gasteiger partial charge in [-0.25, -0.2) is 4.98 Å². The van der Waals surface area contributed by atoms with E-state index >= 15 is 0 Å². The van der Waals surface area contributed by atoms with Gasteiger partial charge in [0.15, 0.2) is 5.69 Å². The number of nitrogens with one attached hydrogen (secondary N) is 1. The Morgan fingerprint density at radius 1 is 1.71 bits per heavy atom. The molecule has 0 radical (unpaired) electrons. The molecular formula is C9H12N2O2S. The van der Waals surface area contributed by atoms with Gasteiger partial charge in [-0.3, -0.25) is 4.79 Å². The van der Waals surface area contributed by atoms with Crippen LogP contribution in [0.1, 0.15) is 10.5 Å². The van der Waals surface area contributed by atoms with Crippen molar-refractivity contribution in [3.63, 3.8) is 0 Å². The van der Waals surface area contributed by atoms with Crippen molar-refractivity contribution in [2.45, 2.75) is 0 Å². The van der Waals surface area contributed by atoms with Gasteiger partial charge in [0, 0.05) is 18.5 Å². The fraction of sp³-hybridized carbons (Fsp3) is 0.333. The van der Waals surface area contributed by atoms with Crippen LogP contribution in [-0.4, -0.2) is 34.6 Å². The summed E-state index contributed by atoms with van der Waals surface area (Å²) < 4.78 is 0. The summed E-state index contributed by atoms with van der Waals surface area (Å²) in [7, 11) is 0. The summed E-state index contributed by atoms with van der Waals surface area (Å²) in [6.45, 7) is 0.579. The summed E-state index contributed by atoms with van der Waals surface area (Å²) in [4.78, 5) is 15.2. The van der Waals surface area contributed by atoms with Gasteiger partial charge in [0.2, 0.25) is 0 Å². The van der Waals surface area contributed by atoms with Gasteiger partial charge in [-0.1, -0.05) is 0 Å². The van der Waals surface area contributed by atoms with E-state index in [1.807, 2.05) is 6.26 Å². The van der Waals surface area contributed by atoms with Crippen LogP contribution in [0.25, 0.3) is 0 Å². The number of hydrogen-bond donors (Lipinski definition) is 2. The van der Waals surface area contributed by atoms with Gasteiger partial charge >= 0.3 is 0 Å². The van der Waals surface area contributed by atoms with Crippen molar-refractivity contribution in [3.05, 3.63) is 24.0 Å². The number of carbonyl (C=O) groups is 1. The van der Waals surface area contributed by atoms with Gasteiger partial charge in [0.05, 0.1) is 0 Å². The van der Waals surface area contributed by atoms with E-state index in [9.17, 15) is 9.90 Å². The molecule has 0 bridgehead atoms. The van der Waals surface area contributed by atoms with E-state index in [2.05, 4.69) is 10.3 Å². The topological polar surface area (TPSA) is 62.2 Å². The lowest BCUT2D eigenvalue weighted by Crippen LogP contribution is -2.26. The van der Waals surface area contributed by atoms with E-state index in [-0.39, 0.29) is 17.4 Å². The molecule has 14 heavy (non-hydrogen) atoms. The minimum atomic E-state index is -0.336. The average molecular weight is 212 g/mol. The molecule has 5 heteroatoms. The molecule has 0 unspecified atom stereocenters. The van der Waals surface area contributed by atoms with Crippen molar-refractivity contribution in [1.29, 1.82) is 0 Å². The highest BCUT2D eigenvalue weighted by molar-refractivity contribution is 7.98. The number of pyridine rings is 1. The van der Waals surface area contributed by atoms with E-state index in [1.54, 1.807) is 17.8 Å². The summed E-state index contributed by atoms with van der Waals surface area (Å²) in [5, 5.41) is 12.0. The molecule has 76 valence electrons. The molecule has 1 aromatic heterocycles. The minimum absolute atomic E-state index is 0.0774. The van der Waals surface area contributed by atoms with Crippen LogP contribution in [0, 0.1) is 0 Å². The van der Waals surface area contributed by atoms with Crippen LogP contribution >= 0.6 is 11.8 Å². The highest BCUT2D eigenvalue weighted by Crippen LogP contribution is 2.11. The van der Waals surface area contributed by atoms with Crippen LogP contribution in [0.2, 0.25) is 0 Å². The predicted octanol–water partition coefficient (Wildman–Crippen LogP) is 0.880. The van der Waals surface area contributed by atoms with Gasteiger partial charge in [-0.05, 0) is 18.4 Å². The Kier molecular flexibility index (Phi) is 4.25. The van der Waals surface area contributed by atoms with Crippen molar-refractivity contribution >= 4 is 17.7 Å². The van der Waals surface area contributed by atoms with Crippen LogP contribution in [0.5, 0.6) is 5.75 Å². The SMILES string of the molecule is CSCCNC(=O)c1ncccc1O. The second-order valence-corrected chi connectivity index (χ2v) is 3.61. The molecule has 0 aromatic carbocycles. The third-order valence-corrected chi connectivity index (χ3v) is 2.21. The first-order valence-electron chi connectivity index (χ1n) is 4.17.